The summed E-state index contributed by atoms with van der Waals surface area (Å²) in [5.74, 6) is 0. The predicted octanol–water partition coefficient (Wildman–Crippen LogP) is -1.96. The monoisotopic (exact) mass is 168 g/mol. The van der Waals surface area contributed by atoms with E-state index in [0.717, 1.165) is 0 Å². The summed E-state index contributed by atoms with van der Waals surface area (Å²) < 4.78 is 0. The summed E-state index contributed by atoms with van der Waals surface area (Å²) in [5.41, 5.74) is 0. The van der Waals surface area contributed by atoms with Crippen molar-refractivity contribution < 1.29 is 16.7 Å². The molecule has 0 amide bonds. The Morgan fingerprint density at radius 2 is 1.00 bits per heavy atom. The third-order valence-electron chi connectivity index (χ3n) is 0. The third-order valence-corrected chi connectivity index (χ3v) is 0. The number of rotatable bonds is 0. The van der Waals surface area contributed by atoms with Gasteiger partial charge in [0.05, 0.1) is 0 Å². The molecule has 4 heteroatoms. The maximum Gasteiger partial charge on any atom is 2.00 e. The first-order valence-electron chi connectivity index (χ1n) is 0. The summed E-state index contributed by atoms with van der Waals surface area (Å²) in [7, 11) is 0. The van der Waals surface area contributed by atoms with Gasteiger partial charge in [-0.25, -0.2) is 0 Å². The van der Waals surface area contributed by atoms with Crippen LogP contribution in [0.15, 0.2) is 0 Å². The molecule has 0 radical (unpaired) electrons. The van der Waals surface area contributed by atoms with E-state index in [1.807, 2.05) is 0 Å². The Morgan fingerprint density at radius 1 is 1.00 bits per heavy atom. The Hall–Kier alpha value is 2.66. The van der Waals surface area contributed by atoms with Crippen LogP contribution in [0.5, 0.6) is 0 Å². The summed E-state index contributed by atoms with van der Waals surface area (Å²) >= 11 is 0. The maximum absolute atomic E-state index is 0. The maximum atomic E-state index is 0. The van der Waals surface area contributed by atoms with E-state index < -0.39 is 0 Å². The van der Waals surface area contributed by atoms with Crippen LogP contribution in [0.4, 0.5) is 0 Å². The summed E-state index contributed by atoms with van der Waals surface area (Å²) in [6.45, 7) is 0. The molecule has 0 fully saturated rings. The molecular weight excluding hydrogens is 160 g/mol. The van der Waals surface area contributed by atoms with Gasteiger partial charge in [-0.2, -0.15) is 0 Å². The molecule has 0 aromatic carbocycles. The van der Waals surface area contributed by atoms with E-state index in [1.165, 1.54) is 0 Å². The second-order valence-corrected chi connectivity index (χ2v) is 0. The van der Waals surface area contributed by atoms with Gasteiger partial charge in [0.15, 0.2) is 0 Å². The second kappa shape index (κ2) is 17.4. The Bertz CT molecular complexity index is 14.0. The van der Waals surface area contributed by atoms with Crippen molar-refractivity contribution in [3.63, 3.8) is 0 Å². The molecule has 0 saturated carbocycles. The second-order valence-electron chi connectivity index (χ2n) is 0. The number of hydrogen-bond acceptors (Lipinski definition) is 0. The smallest absolute Gasteiger partial charge is 1.00 e. The van der Waals surface area contributed by atoms with Gasteiger partial charge < -0.3 is 16.7 Å². The molecular formula is H8CaO2Sr. The normalized spacial score (nSPS) is 0. The van der Waals surface area contributed by atoms with Gasteiger partial charge in [-0.05, 0) is 0 Å². The summed E-state index contributed by atoms with van der Waals surface area (Å²) in [6.07, 6.45) is 0. The molecule has 0 unspecified atom stereocenters. The van der Waals surface area contributed by atoms with Crippen LogP contribution < -0.4 is 0 Å². The molecule has 0 atom stereocenters. The molecule has 0 rings (SSSR count). The Labute approximate surface area is 97.8 Å². The zero-order chi connectivity index (χ0) is 0. The molecule has 0 heterocycles. The van der Waals surface area contributed by atoms with Gasteiger partial charge in [0, 0.05) is 0 Å². The number of hydrogen-bond donors (Lipinski definition) is 0. The third kappa shape index (κ3) is 8.82. The largest absolute Gasteiger partial charge is 2.00 e. The summed E-state index contributed by atoms with van der Waals surface area (Å²) in [5, 5.41) is 0. The van der Waals surface area contributed by atoms with E-state index in [1.54, 1.807) is 0 Å². The van der Waals surface area contributed by atoms with Gasteiger partial charge in [0.25, 0.3) is 0 Å². The molecule has 2 nitrogen and oxygen atoms in total. The van der Waals surface area contributed by atoms with Crippen molar-refractivity contribution in [1.82, 2.24) is 0 Å². The standard InChI is InChI=1S/Ca.2H2O.Sr.4H/h;2*1H2;;;;;/q+2;;;+2;4*-1. The van der Waals surface area contributed by atoms with Gasteiger partial charge in [0.2, 0.25) is 0 Å². The van der Waals surface area contributed by atoms with Crippen LogP contribution >= 0.6 is 0 Å². The molecule has 4 N–H and O–H groups in total. The van der Waals surface area contributed by atoms with E-state index >= 15 is 0 Å². The molecule has 4 heavy (non-hydrogen) atoms. The van der Waals surface area contributed by atoms with E-state index in [2.05, 4.69) is 0 Å². The molecule has 0 aromatic rings. The van der Waals surface area contributed by atoms with Gasteiger partial charge in [0.1, 0.15) is 0 Å². The Balaban J connectivity index is 0. The molecule has 24 valence electrons. The fraction of sp³-hybridized carbons (Fsp3) is 0. The molecule has 0 saturated heterocycles. The quantitative estimate of drug-likeness (QED) is 0.377. The first-order chi connectivity index (χ1) is 0. The van der Waals surface area contributed by atoms with Crippen LogP contribution in [-0.2, 0) is 0 Å². The Kier molecular flexibility index (Phi) is 131. The zero-order valence-electron chi connectivity index (χ0n) is 6.41. The van der Waals surface area contributed by atoms with Crippen molar-refractivity contribution in [3.05, 3.63) is 0 Å². The van der Waals surface area contributed by atoms with Gasteiger partial charge in [-0.3, -0.25) is 0 Å². The zero-order valence-corrected chi connectivity index (χ0v) is 8.10. The molecule has 0 aliphatic heterocycles. The van der Waals surface area contributed by atoms with Crippen molar-refractivity contribution in [3.8, 4) is 0 Å². The van der Waals surface area contributed by atoms with Crippen molar-refractivity contribution in [2.75, 3.05) is 0 Å². The average molecular weight is 168 g/mol. The van der Waals surface area contributed by atoms with E-state index in [0.29, 0.717) is 0 Å². The van der Waals surface area contributed by atoms with Gasteiger partial charge >= 0.3 is 83.2 Å². The Morgan fingerprint density at radius 3 is 1.00 bits per heavy atom. The predicted molar refractivity (Wildman–Crippen MR) is 23.2 cm³/mol. The molecule has 0 bridgehead atoms. The van der Waals surface area contributed by atoms with Crippen molar-refractivity contribution in [2.45, 2.75) is 0 Å². The molecule has 0 aliphatic rings. The van der Waals surface area contributed by atoms with Crippen LogP contribution in [0.25, 0.3) is 0 Å². The van der Waals surface area contributed by atoms with E-state index in [-0.39, 0.29) is 99.9 Å². The van der Waals surface area contributed by atoms with Crippen molar-refractivity contribution in [2.24, 2.45) is 0 Å². The molecule has 0 spiro atoms. The minimum absolute atomic E-state index is 0. The molecule has 0 aliphatic carbocycles. The minimum atomic E-state index is 0. The minimum Gasteiger partial charge on any atom is -1.00 e. The van der Waals surface area contributed by atoms with Crippen LogP contribution in [0, 0.1) is 0 Å². The van der Waals surface area contributed by atoms with Crippen molar-refractivity contribution >= 4 is 83.2 Å². The SMILES string of the molecule is O.O.[Ca+2].[H-].[H-].[H-].[H-].[Sr+2]. The fourth-order valence-electron chi connectivity index (χ4n) is 0. The summed E-state index contributed by atoms with van der Waals surface area (Å²) in [6, 6.07) is 0. The first-order valence-corrected chi connectivity index (χ1v) is 0. The topological polar surface area (TPSA) is 63.0 Å². The van der Waals surface area contributed by atoms with E-state index in [4.69, 9.17) is 0 Å². The van der Waals surface area contributed by atoms with Crippen LogP contribution in [0.1, 0.15) is 5.71 Å². The fourth-order valence-corrected chi connectivity index (χ4v) is 0. The van der Waals surface area contributed by atoms with Crippen LogP contribution in [0.2, 0.25) is 0 Å². The molecule has 0 aromatic heterocycles. The first kappa shape index (κ1) is 30.2. The average Bonchev–Trinajstić information content (AvgIpc) is 0. The summed E-state index contributed by atoms with van der Waals surface area (Å²) in [4.78, 5) is 0. The van der Waals surface area contributed by atoms with Crippen LogP contribution in [-0.4, -0.2) is 94.2 Å². The van der Waals surface area contributed by atoms with Crippen molar-refractivity contribution in [1.29, 1.82) is 0 Å². The van der Waals surface area contributed by atoms with Gasteiger partial charge in [-0.15, -0.1) is 0 Å². The van der Waals surface area contributed by atoms with E-state index in [9.17, 15) is 0 Å². The van der Waals surface area contributed by atoms with Crippen LogP contribution in [0.3, 0.4) is 0 Å². The van der Waals surface area contributed by atoms with Gasteiger partial charge in [-0.1, -0.05) is 0 Å².